The Morgan fingerprint density at radius 1 is 1.38 bits per heavy atom. The lowest BCUT2D eigenvalue weighted by Gasteiger charge is -2.35. The van der Waals surface area contributed by atoms with E-state index in [9.17, 15) is 4.79 Å². The minimum Gasteiger partial charge on any atom is -0.301 e. The first-order chi connectivity index (χ1) is 10.2. The molecule has 1 fully saturated rings. The molecule has 1 aliphatic heterocycles. The molecule has 112 valence electrons. The molecule has 0 spiro atoms. The lowest BCUT2D eigenvalue weighted by molar-refractivity contribution is 0.112. The minimum atomic E-state index is 0.601. The Hall–Kier alpha value is -1.75. The van der Waals surface area contributed by atoms with E-state index >= 15 is 0 Å². The molecule has 0 N–H and O–H groups in total. The zero-order chi connectivity index (χ0) is 14.8. The first-order valence-corrected chi connectivity index (χ1v) is 7.70. The summed E-state index contributed by atoms with van der Waals surface area (Å²) in [5.41, 5.74) is 1.48. The Morgan fingerprint density at radius 3 is 3.00 bits per heavy atom. The summed E-state index contributed by atoms with van der Waals surface area (Å²) < 4.78 is 1.96. The van der Waals surface area contributed by atoms with Crippen molar-refractivity contribution in [2.45, 2.75) is 39.2 Å². The second-order valence-electron chi connectivity index (χ2n) is 6.23. The van der Waals surface area contributed by atoms with Gasteiger partial charge in [-0.05, 0) is 51.3 Å². The summed E-state index contributed by atoms with van der Waals surface area (Å²) in [6.07, 6.45) is 6.11. The van der Waals surface area contributed by atoms with E-state index < -0.39 is 0 Å². The van der Waals surface area contributed by atoms with Gasteiger partial charge < -0.3 is 4.90 Å². The first-order valence-electron chi connectivity index (χ1n) is 7.70. The van der Waals surface area contributed by atoms with Crippen LogP contribution in [0.3, 0.4) is 0 Å². The number of rotatable bonds is 4. The fourth-order valence-corrected chi connectivity index (χ4v) is 3.15. The molecule has 2 aromatic rings. The molecule has 5 nitrogen and oxygen atoms in total. The van der Waals surface area contributed by atoms with E-state index in [2.05, 4.69) is 28.9 Å². The summed E-state index contributed by atoms with van der Waals surface area (Å²) in [6, 6.07) is 4.23. The van der Waals surface area contributed by atoms with Crippen LogP contribution in [0.4, 0.5) is 0 Å². The van der Waals surface area contributed by atoms with Gasteiger partial charge in [-0.25, -0.2) is 0 Å². The van der Waals surface area contributed by atoms with Crippen LogP contribution in [0.2, 0.25) is 0 Å². The largest absolute Gasteiger partial charge is 0.301 e. The topological polar surface area (TPSA) is 50.5 Å². The van der Waals surface area contributed by atoms with Gasteiger partial charge in [0.2, 0.25) is 0 Å². The normalized spacial score (nSPS) is 20.2. The number of piperidine rings is 1. The van der Waals surface area contributed by atoms with Crippen molar-refractivity contribution in [3.8, 4) is 0 Å². The summed E-state index contributed by atoms with van der Waals surface area (Å²) in [4.78, 5) is 13.5. The van der Waals surface area contributed by atoms with Gasteiger partial charge in [-0.3, -0.25) is 9.20 Å². The molecule has 1 aliphatic rings. The van der Waals surface area contributed by atoms with Gasteiger partial charge in [0.1, 0.15) is 5.82 Å². The summed E-state index contributed by atoms with van der Waals surface area (Å²) in [5.74, 6) is 1.58. The average Bonchev–Trinajstić information content (AvgIpc) is 2.89. The van der Waals surface area contributed by atoms with Gasteiger partial charge in [-0.15, -0.1) is 10.2 Å². The summed E-state index contributed by atoms with van der Waals surface area (Å²) in [6.45, 7) is 6.83. The molecule has 0 radical (unpaired) electrons. The predicted octanol–water partition coefficient (Wildman–Crippen LogP) is 2.20. The fraction of sp³-hybridized carbons (Fsp3) is 0.562. The first kappa shape index (κ1) is 14.2. The third-order valence-electron chi connectivity index (χ3n) is 4.38. The maximum atomic E-state index is 10.9. The molecule has 0 bridgehead atoms. The van der Waals surface area contributed by atoms with Crippen LogP contribution in [-0.2, 0) is 6.42 Å². The number of aldehydes is 1. The Bertz CT molecular complexity index is 634. The Labute approximate surface area is 125 Å². The van der Waals surface area contributed by atoms with Gasteiger partial charge in [0.25, 0.3) is 0 Å². The molecule has 1 saturated heterocycles. The van der Waals surface area contributed by atoms with Crippen LogP contribution < -0.4 is 0 Å². The van der Waals surface area contributed by atoms with Gasteiger partial charge in [0.15, 0.2) is 11.9 Å². The standard InChI is InChI=1S/C16H22N4O/c1-12(2)19-7-3-4-13(9-19)8-16-18-17-15-6-5-14(11-21)10-20(15)16/h5-6,10-13H,3-4,7-9H2,1-2H3. The number of aromatic nitrogens is 3. The third kappa shape index (κ3) is 2.97. The van der Waals surface area contributed by atoms with Crippen molar-refractivity contribution in [1.82, 2.24) is 19.5 Å². The number of carbonyl (C=O) groups is 1. The predicted molar refractivity (Wildman–Crippen MR) is 81.5 cm³/mol. The average molecular weight is 286 g/mol. The summed E-state index contributed by atoms with van der Waals surface area (Å²) in [5, 5.41) is 8.51. The lowest BCUT2D eigenvalue weighted by Crippen LogP contribution is -2.40. The highest BCUT2D eigenvalue weighted by Crippen LogP contribution is 2.22. The van der Waals surface area contributed by atoms with Gasteiger partial charge >= 0.3 is 0 Å². The van der Waals surface area contributed by atoms with Gasteiger partial charge in [-0.1, -0.05) is 0 Å². The van der Waals surface area contributed by atoms with Crippen molar-refractivity contribution < 1.29 is 4.79 Å². The van der Waals surface area contributed by atoms with Crippen molar-refractivity contribution in [1.29, 1.82) is 0 Å². The Kier molecular flexibility index (Phi) is 4.01. The van der Waals surface area contributed by atoms with Crippen molar-refractivity contribution in [2.24, 2.45) is 5.92 Å². The van der Waals surface area contributed by atoms with E-state index in [0.29, 0.717) is 17.5 Å². The molecule has 0 saturated carbocycles. The summed E-state index contributed by atoms with van der Waals surface area (Å²) in [7, 11) is 0. The zero-order valence-corrected chi connectivity index (χ0v) is 12.7. The molecular formula is C16H22N4O. The van der Waals surface area contributed by atoms with Crippen LogP contribution in [-0.4, -0.2) is 44.9 Å². The van der Waals surface area contributed by atoms with E-state index in [4.69, 9.17) is 0 Å². The molecule has 0 amide bonds. The molecule has 1 unspecified atom stereocenters. The molecule has 5 heteroatoms. The molecule has 3 rings (SSSR count). The van der Waals surface area contributed by atoms with Crippen LogP contribution in [0, 0.1) is 5.92 Å². The number of carbonyl (C=O) groups excluding carboxylic acids is 1. The lowest BCUT2D eigenvalue weighted by atomic mass is 9.93. The van der Waals surface area contributed by atoms with E-state index in [1.54, 1.807) is 6.07 Å². The summed E-state index contributed by atoms with van der Waals surface area (Å²) >= 11 is 0. The van der Waals surface area contributed by atoms with E-state index in [1.807, 2.05) is 16.7 Å². The van der Waals surface area contributed by atoms with E-state index in [-0.39, 0.29) is 0 Å². The van der Waals surface area contributed by atoms with Crippen LogP contribution in [0.15, 0.2) is 18.3 Å². The Morgan fingerprint density at radius 2 is 2.24 bits per heavy atom. The second-order valence-corrected chi connectivity index (χ2v) is 6.23. The second kappa shape index (κ2) is 5.93. The Balaban J connectivity index is 1.79. The molecule has 0 aromatic carbocycles. The molecule has 1 atom stereocenters. The van der Waals surface area contributed by atoms with Gasteiger partial charge in [0, 0.05) is 30.8 Å². The SMILES string of the molecule is CC(C)N1CCCC(Cc2nnc3ccc(C=O)cn23)C1. The minimum absolute atomic E-state index is 0.601. The monoisotopic (exact) mass is 286 g/mol. The van der Waals surface area contributed by atoms with Crippen molar-refractivity contribution >= 4 is 11.9 Å². The maximum absolute atomic E-state index is 10.9. The van der Waals surface area contributed by atoms with Crippen LogP contribution >= 0.6 is 0 Å². The smallest absolute Gasteiger partial charge is 0.160 e. The van der Waals surface area contributed by atoms with Crippen molar-refractivity contribution in [2.75, 3.05) is 13.1 Å². The molecule has 21 heavy (non-hydrogen) atoms. The highest BCUT2D eigenvalue weighted by molar-refractivity contribution is 5.74. The van der Waals surface area contributed by atoms with E-state index in [0.717, 1.165) is 30.7 Å². The van der Waals surface area contributed by atoms with Crippen LogP contribution in [0.25, 0.3) is 5.65 Å². The van der Waals surface area contributed by atoms with Crippen molar-refractivity contribution in [3.63, 3.8) is 0 Å². The van der Waals surface area contributed by atoms with E-state index in [1.165, 1.54) is 19.4 Å². The number of fused-ring (bicyclic) bond motifs is 1. The maximum Gasteiger partial charge on any atom is 0.160 e. The molecule has 3 heterocycles. The number of hydrogen-bond acceptors (Lipinski definition) is 4. The van der Waals surface area contributed by atoms with Crippen LogP contribution in [0.5, 0.6) is 0 Å². The highest BCUT2D eigenvalue weighted by atomic mass is 16.1. The number of likely N-dealkylation sites (tertiary alicyclic amines) is 1. The van der Waals surface area contributed by atoms with Gasteiger partial charge in [-0.2, -0.15) is 0 Å². The number of pyridine rings is 1. The molecule has 2 aromatic heterocycles. The third-order valence-corrected chi connectivity index (χ3v) is 4.38. The molecule has 0 aliphatic carbocycles. The highest BCUT2D eigenvalue weighted by Gasteiger charge is 2.23. The van der Waals surface area contributed by atoms with Crippen molar-refractivity contribution in [3.05, 3.63) is 29.7 Å². The quantitative estimate of drug-likeness (QED) is 0.809. The van der Waals surface area contributed by atoms with Crippen LogP contribution in [0.1, 0.15) is 42.9 Å². The molecular weight excluding hydrogens is 264 g/mol. The zero-order valence-electron chi connectivity index (χ0n) is 12.7. The fourth-order valence-electron chi connectivity index (χ4n) is 3.15. The van der Waals surface area contributed by atoms with Gasteiger partial charge in [0.05, 0.1) is 0 Å². The number of hydrogen-bond donors (Lipinski definition) is 0. The number of nitrogens with zero attached hydrogens (tertiary/aromatic N) is 4.